The molecule has 2 N–H and O–H groups in total. The van der Waals surface area contributed by atoms with Gasteiger partial charge in [0.1, 0.15) is 18.6 Å². The lowest BCUT2D eigenvalue weighted by Crippen LogP contribution is -2.60. The average molecular weight is 399 g/mol. The lowest BCUT2D eigenvalue weighted by molar-refractivity contribution is -0.164. The van der Waals surface area contributed by atoms with Crippen LogP contribution < -0.4 is 10.6 Å². The van der Waals surface area contributed by atoms with E-state index in [0.717, 1.165) is 25.7 Å². The van der Waals surface area contributed by atoms with E-state index in [0.29, 0.717) is 0 Å². The number of esters is 2. The van der Waals surface area contributed by atoms with E-state index in [-0.39, 0.29) is 48.2 Å². The number of carbonyl (C=O) groups excluding carboxylic acids is 2. The molecule has 2 saturated heterocycles. The van der Waals surface area contributed by atoms with Gasteiger partial charge in [-0.3, -0.25) is 9.59 Å². The number of ether oxygens (including phenoxy) is 2. The first-order chi connectivity index (χ1) is 12.1. The highest BCUT2D eigenvalue weighted by molar-refractivity contribution is 5.91. The normalized spacial score (nSPS) is 26.0. The highest BCUT2D eigenvalue weighted by atomic mass is 16.6. The minimum Gasteiger partial charge on any atom is -0.462 e. The van der Waals surface area contributed by atoms with Gasteiger partial charge >= 0.3 is 11.9 Å². The Kier molecular flexibility index (Phi) is 7.39. The van der Waals surface area contributed by atoms with Gasteiger partial charge in [0.25, 0.3) is 0 Å². The maximum Gasteiger partial charge on any atom is 0.317 e. The average Bonchev–Trinajstić information content (AvgIpc) is 2.28. The zero-order valence-corrected chi connectivity index (χ0v) is 18.3. The van der Waals surface area contributed by atoms with Crippen LogP contribution in [0, 0.1) is 0 Å². The highest BCUT2D eigenvalue weighted by Crippen LogP contribution is 2.32. The van der Waals surface area contributed by atoms with Crippen LogP contribution in [0.15, 0.2) is 0 Å². The first-order valence-electron chi connectivity index (χ1n) is 10.0. The van der Waals surface area contributed by atoms with Gasteiger partial charge in [-0.25, -0.2) is 0 Å². The van der Waals surface area contributed by atoms with Crippen molar-refractivity contribution >= 4 is 11.9 Å². The lowest BCUT2D eigenvalue weighted by Gasteiger charge is -2.46. The van der Waals surface area contributed by atoms with Crippen LogP contribution in [0.2, 0.25) is 0 Å². The summed E-state index contributed by atoms with van der Waals surface area (Å²) in [7, 11) is 0. The summed E-state index contributed by atoms with van der Waals surface area (Å²) in [5.41, 5.74) is -0.447. The van der Waals surface area contributed by atoms with Crippen molar-refractivity contribution in [3.63, 3.8) is 0 Å². The summed E-state index contributed by atoms with van der Waals surface area (Å²) in [5.74, 6) is -0.989. The zero-order valence-electron chi connectivity index (χ0n) is 18.3. The second kappa shape index (κ2) is 8.31. The smallest absolute Gasteiger partial charge is 0.317 e. The van der Waals surface area contributed by atoms with Gasteiger partial charge in [-0.05, 0) is 55.4 Å². The molecule has 28 heavy (non-hydrogen) atoms. The predicted octanol–water partition coefficient (Wildman–Crippen LogP) is 3.72. The first kappa shape index (κ1) is 24.9. The number of hydrogen-bond donors (Lipinski definition) is 2. The molecule has 0 aliphatic carbocycles. The monoisotopic (exact) mass is 398 g/mol. The molecule has 0 bridgehead atoms. The Bertz CT molecular complexity index is 499. The molecular weight excluding hydrogens is 356 g/mol. The number of piperidine rings is 2. The molecule has 0 saturated carbocycles. The summed E-state index contributed by atoms with van der Waals surface area (Å²) in [4.78, 5) is 24.6. The first-order valence-corrected chi connectivity index (χ1v) is 10.0. The second-order valence-electron chi connectivity index (χ2n) is 11.0. The Hall–Kier alpha value is -1.14. The molecule has 164 valence electrons. The number of rotatable bonds is 4. The molecule has 0 aromatic rings. The van der Waals surface area contributed by atoms with E-state index in [1.165, 1.54) is 0 Å². The molecule has 2 fully saturated rings. The van der Waals surface area contributed by atoms with Gasteiger partial charge in [0.05, 0.1) is 0 Å². The molecule has 0 amide bonds. The molecule has 0 aromatic heterocycles. The minimum absolute atomic E-state index is 0. The molecule has 2 aliphatic heterocycles. The third kappa shape index (κ3) is 7.70. The molecule has 6 heteroatoms. The van der Waals surface area contributed by atoms with Crippen LogP contribution in [0.5, 0.6) is 0 Å². The molecule has 0 radical (unpaired) electrons. The quantitative estimate of drug-likeness (QED) is 0.555. The van der Waals surface area contributed by atoms with Crippen molar-refractivity contribution in [3.05, 3.63) is 0 Å². The van der Waals surface area contributed by atoms with E-state index >= 15 is 0 Å². The molecule has 2 heterocycles. The molecular formula is C22H42N2O4. The van der Waals surface area contributed by atoms with Crippen molar-refractivity contribution in [2.24, 2.45) is 0 Å². The molecule has 2 aliphatic rings. The van der Waals surface area contributed by atoms with E-state index in [1.807, 2.05) is 0 Å². The summed E-state index contributed by atoms with van der Waals surface area (Å²) >= 11 is 0. The van der Waals surface area contributed by atoms with Crippen molar-refractivity contribution in [3.8, 4) is 0 Å². The predicted molar refractivity (Wildman–Crippen MR) is 112 cm³/mol. The summed E-state index contributed by atoms with van der Waals surface area (Å²) in [6.07, 6.45) is 2.22. The molecule has 0 atom stereocenters. The Labute approximate surface area is 171 Å². The third-order valence-electron chi connectivity index (χ3n) is 5.19. The van der Waals surface area contributed by atoms with Gasteiger partial charge in [0.15, 0.2) is 0 Å². The molecule has 6 nitrogen and oxygen atoms in total. The van der Waals surface area contributed by atoms with E-state index in [9.17, 15) is 9.59 Å². The maximum atomic E-state index is 12.3. The fourth-order valence-electron chi connectivity index (χ4n) is 5.20. The van der Waals surface area contributed by atoms with Gasteiger partial charge in [-0.2, -0.15) is 0 Å². The second-order valence-corrected chi connectivity index (χ2v) is 11.0. The Balaban J connectivity index is 0.00000392. The number of hydrogen-bond acceptors (Lipinski definition) is 6. The van der Waals surface area contributed by atoms with Gasteiger partial charge < -0.3 is 20.1 Å². The Morgan fingerprint density at radius 3 is 1.18 bits per heavy atom. The van der Waals surface area contributed by atoms with Crippen LogP contribution in [0.25, 0.3) is 0 Å². The van der Waals surface area contributed by atoms with Crippen LogP contribution in [0.1, 0.15) is 94.9 Å². The highest BCUT2D eigenvalue weighted by Gasteiger charge is 2.41. The summed E-state index contributed by atoms with van der Waals surface area (Å²) in [6.45, 7) is 16.8. The number of carbonyl (C=O) groups is 2. The molecule has 0 unspecified atom stereocenters. The fraction of sp³-hybridized carbons (Fsp3) is 0.909. The van der Waals surface area contributed by atoms with Gasteiger partial charge in [-0.1, -0.05) is 7.43 Å². The molecule has 0 spiro atoms. The zero-order chi connectivity index (χ0) is 20.7. The van der Waals surface area contributed by atoms with Gasteiger partial charge in [-0.15, -0.1) is 0 Å². The SMILES string of the molecule is C.CC1(C)CC(OC(=O)CC(=O)OC2CC(C)(C)NC(C)(C)C2)CC(C)(C)N1. The van der Waals surface area contributed by atoms with Crippen molar-refractivity contribution in [1.29, 1.82) is 0 Å². The van der Waals surface area contributed by atoms with E-state index in [1.54, 1.807) is 0 Å². The van der Waals surface area contributed by atoms with E-state index in [4.69, 9.17) is 9.47 Å². The maximum absolute atomic E-state index is 12.3. The minimum atomic E-state index is -0.494. The van der Waals surface area contributed by atoms with Crippen molar-refractivity contribution in [2.75, 3.05) is 0 Å². The van der Waals surface area contributed by atoms with Gasteiger partial charge in [0, 0.05) is 47.8 Å². The largest absolute Gasteiger partial charge is 0.462 e. The van der Waals surface area contributed by atoms with Crippen molar-refractivity contribution in [1.82, 2.24) is 10.6 Å². The van der Waals surface area contributed by atoms with Crippen molar-refractivity contribution < 1.29 is 19.1 Å². The van der Waals surface area contributed by atoms with Crippen LogP contribution in [-0.2, 0) is 19.1 Å². The van der Waals surface area contributed by atoms with E-state index in [2.05, 4.69) is 66.0 Å². The van der Waals surface area contributed by atoms with Crippen LogP contribution >= 0.6 is 0 Å². The van der Waals surface area contributed by atoms with E-state index < -0.39 is 11.9 Å². The van der Waals surface area contributed by atoms with Crippen LogP contribution in [0.4, 0.5) is 0 Å². The Morgan fingerprint density at radius 2 is 0.929 bits per heavy atom. The summed E-state index contributed by atoms with van der Waals surface area (Å²) < 4.78 is 11.2. The van der Waals surface area contributed by atoms with Crippen LogP contribution in [-0.4, -0.2) is 46.3 Å². The molecule has 2 rings (SSSR count). The third-order valence-corrected chi connectivity index (χ3v) is 5.19. The summed E-state index contributed by atoms with van der Waals surface area (Å²) in [6, 6.07) is 0. The van der Waals surface area contributed by atoms with Gasteiger partial charge in [0.2, 0.25) is 0 Å². The standard InChI is InChI=1S/C21H38N2O4.CH4/c1-18(2)10-14(11-19(3,4)22-18)26-16(24)9-17(25)27-15-12-20(5,6)23-21(7,8)13-15;/h14-15,22-23H,9-13H2,1-8H3;1H4. The van der Waals surface area contributed by atoms with Crippen LogP contribution in [0.3, 0.4) is 0 Å². The van der Waals surface area contributed by atoms with Crippen molar-refractivity contribution in [2.45, 2.75) is 129 Å². The Morgan fingerprint density at radius 1 is 0.679 bits per heavy atom. The summed E-state index contributed by atoms with van der Waals surface area (Å²) in [5, 5.41) is 7.11. The fourth-order valence-corrected chi connectivity index (χ4v) is 5.20. The molecule has 0 aromatic carbocycles. The lowest BCUT2D eigenvalue weighted by atomic mass is 9.81. The number of nitrogens with one attached hydrogen (secondary N) is 2. The topological polar surface area (TPSA) is 76.7 Å².